The van der Waals surface area contributed by atoms with E-state index in [1.54, 1.807) is 16.5 Å². The van der Waals surface area contributed by atoms with Crippen molar-refractivity contribution in [2.75, 3.05) is 30.4 Å². The smallest absolute Gasteiger partial charge is 0.258 e. The largest absolute Gasteiger partial charge is 0.494 e. The summed E-state index contributed by atoms with van der Waals surface area (Å²) in [6, 6.07) is 8.20. The van der Waals surface area contributed by atoms with E-state index in [1.807, 2.05) is 44.7 Å². The van der Waals surface area contributed by atoms with Gasteiger partial charge in [-0.05, 0) is 51.4 Å². The minimum atomic E-state index is -0.225. The molecule has 36 heavy (non-hydrogen) atoms. The maximum atomic E-state index is 13.5. The molecule has 9 heteroatoms. The molecule has 1 saturated heterocycles. The number of amides is 1. The molecule has 1 fully saturated rings. The number of fused-ring (bicyclic) bond motifs is 2. The predicted octanol–water partition coefficient (Wildman–Crippen LogP) is 4.08. The molecule has 9 nitrogen and oxygen atoms in total. The first-order valence-corrected chi connectivity index (χ1v) is 12.5. The predicted molar refractivity (Wildman–Crippen MR) is 144 cm³/mol. The van der Waals surface area contributed by atoms with Gasteiger partial charge < -0.3 is 20.3 Å². The molecule has 1 aliphatic heterocycles. The van der Waals surface area contributed by atoms with Crippen molar-refractivity contribution in [1.29, 1.82) is 0 Å². The van der Waals surface area contributed by atoms with Gasteiger partial charge in [-0.25, -0.2) is 0 Å². The van der Waals surface area contributed by atoms with Crippen LogP contribution in [-0.2, 0) is 14.1 Å². The second-order valence-electron chi connectivity index (χ2n) is 10.3. The Morgan fingerprint density at radius 1 is 1.17 bits per heavy atom. The van der Waals surface area contributed by atoms with E-state index in [1.165, 1.54) is 0 Å². The first-order valence-electron chi connectivity index (χ1n) is 12.5. The van der Waals surface area contributed by atoms with Crippen LogP contribution in [0.4, 0.5) is 11.4 Å². The van der Waals surface area contributed by atoms with Gasteiger partial charge in [0, 0.05) is 67.1 Å². The lowest BCUT2D eigenvalue weighted by molar-refractivity contribution is 0.102. The summed E-state index contributed by atoms with van der Waals surface area (Å²) in [5, 5.41) is 17.7. The van der Waals surface area contributed by atoms with Crippen LogP contribution in [0.15, 0.2) is 36.7 Å². The molecular formula is C27H35N7O2. The molecule has 2 aromatic carbocycles. The molecule has 1 amide bonds. The van der Waals surface area contributed by atoms with Gasteiger partial charge in [0.1, 0.15) is 11.3 Å². The van der Waals surface area contributed by atoms with Crippen LogP contribution in [0.5, 0.6) is 5.75 Å². The molecule has 1 atom stereocenters. The SMILES string of the molecule is CCNC1CCN(c2ccc(C(=O)Nc3cc4cn(C)nc4cc3OC)c3nn(C)cc23)C(C)(C)C1. The minimum Gasteiger partial charge on any atom is -0.494 e. The van der Waals surface area contributed by atoms with Crippen LogP contribution in [0.25, 0.3) is 21.8 Å². The van der Waals surface area contributed by atoms with Crippen molar-refractivity contribution in [2.45, 2.75) is 45.2 Å². The lowest BCUT2D eigenvalue weighted by Crippen LogP contribution is -2.54. The molecule has 1 aliphatic rings. The highest BCUT2D eigenvalue weighted by molar-refractivity contribution is 6.14. The van der Waals surface area contributed by atoms with E-state index in [9.17, 15) is 4.79 Å². The van der Waals surface area contributed by atoms with Crippen LogP contribution in [0.1, 0.15) is 44.0 Å². The van der Waals surface area contributed by atoms with Crippen molar-refractivity contribution in [1.82, 2.24) is 24.9 Å². The number of hydrogen-bond acceptors (Lipinski definition) is 6. The number of carbonyl (C=O) groups is 1. The van der Waals surface area contributed by atoms with E-state index in [2.05, 4.69) is 47.5 Å². The number of nitrogens with one attached hydrogen (secondary N) is 2. The average Bonchev–Trinajstić information content (AvgIpc) is 3.38. The number of hydrogen-bond donors (Lipinski definition) is 2. The summed E-state index contributed by atoms with van der Waals surface area (Å²) in [4.78, 5) is 16.0. The summed E-state index contributed by atoms with van der Waals surface area (Å²) in [5.74, 6) is 0.339. The van der Waals surface area contributed by atoms with Gasteiger partial charge in [-0.2, -0.15) is 10.2 Å². The summed E-state index contributed by atoms with van der Waals surface area (Å²) in [5.41, 5.74) is 3.72. The van der Waals surface area contributed by atoms with Crippen LogP contribution in [0, 0.1) is 0 Å². The van der Waals surface area contributed by atoms with Gasteiger partial charge >= 0.3 is 0 Å². The highest BCUT2D eigenvalue weighted by Gasteiger charge is 2.36. The highest BCUT2D eigenvalue weighted by Crippen LogP contribution is 2.38. The first kappa shape index (κ1) is 24.1. The van der Waals surface area contributed by atoms with Crippen molar-refractivity contribution in [2.24, 2.45) is 14.1 Å². The number of nitrogens with zero attached hydrogens (tertiary/aromatic N) is 5. The van der Waals surface area contributed by atoms with E-state index >= 15 is 0 Å². The Hall–Kier alpha value is -3.59. The highest BCUT2D eigenvalue weighted by atomic mass is 16.5. The Morgan fingerprint density at radius 2 is 1.94 bits per heavy atom. The summed E-state index contributed by atoms with van der Waals surface area (Å²) in [7, 11) is 5.36. The standard InChI is InChI=1S/C27H35N7O2/c1-7-28-18-10-11-34(27(2,3)14-18)23-9-8-19(25-20(23)16-33(5)31-25)26(35)29-22-12-17-15-32(4)30-21(17)13-24(22)36-6/h8-9,12-13,15-16,18,28H,7,10-11,14H2,1-6H3,(H,29,35). The molecule has 0 aliphatic carbocycles. The number of aromatic nitrogens is 4. The van der Waals surface area contributed by atoms with Crippen molar-refractivity contribution >= 4 is 39.1 Å². The van der Waals surface area contributed by atoms with Crippen LogP contribution < -0.4 is 20.3 Å². The second kappa shape index (κ2) is 9.13. The third-order valence-electron chi connectivity index (χ3n) is 7.16. The van der Waals surface area contributed by atoms with Crippen LogP contribution >= 0.6 is 0 Å². The molecule has 190 valence electrons. The van der Waals surface area contributed by atoms with E-state index in [4.69, 9.17) is 9.84 Å². The monoisotopic (exact) mass is 489 g/mol. The number of ether oxygens (including phenoxy) is 1. The Balaban J connectivity index is 1.49. The second-order valence-corrected chi connectivity index (χ2v) is 10.3. The first-order chi connectivity index (χ1) is 17.2. The van der Waals surface area contributed by atoms with Gasteiger partial charge in [-0.15, -0.1) is 0 Å². The number of piperidine rings is 1. The Labute approximate surface area is 211 Å². The number of rotatable bonds is 6. The fourth-order valence-corrected chi connectivity index (χ4v) is 5.57. The quantitative estimate of drug-likeness (QED) is 0.424. The van der Waals surface area contributed by atoms with Crippen molar-refractivity contribution in [3.05, 3.63) is 42.2 Å². The fraction of sp³-hybridized carbons (Fsp3) is 0.444. The van der Waals surface area contributed by atoms with Crippen molar-refractivity contribution in [3.8, 4) is 5.75 Å². The number of benzene rings is 2. The van der Waals surface area contributed by atoms with Gasteiger partial charge in [0.15, 0.2) is 0 Å². The normalized spacial score (nSPS) is 17.6. The number of aryl methyl sites for hydroxylation is 2. The molecule has 1 unspecified atom stereocenters. The number of methoxy groups -OCH3 is 1. The van der Waals surface area contributed by atoms with Crippen LogP contribution in [0.2, 0.25) is 0 Å². The zero-order valence-corrected chi connectivity index (χ0v) is 21.9. The van der Waals surface area contributed by atoms with Crippen LogP contribution in [0.3, 0.4) is 0 Å². The third-order valence-corrected chi connectivity index (χ3v) is 7.16. The van der Waals surface area contributed by atoms with E-state index in [-0.39, 0.29) is 11.4 Å². The summed E-state index contributed by atoms with van der Waals surface area (Å²) in [6.45, 7) is 8.67. The summed E-state index contributed by atoms with van der Waals surface area (Å²) < 4.78 is 9.07. The van der Waals surface area contributed by atoms with Gasteiger partial charge in [-0.1, -0.05) is 6.92 Å². The third kappa shape index (κ3) is 4.28. The number of carbonyl (C=O) groups excluding carboxylic acids is 1. The van der Waals surface area contributed by atoms with Gasteiger partial charge in [0.25, 0.3) is 5.91 Å². The molecule has 2 N–H and O–H groups in total. The Kier molecular flexibility index (Phi) is 6.12. The summed E-state index contributed by atoms with van der Waals surface area (Å²) in [6.07, 6.45) is 6.06. The van der Waals surface area contributed by atoms with Crippen molar-refractivity contribution in [3.63, 3.8) is 0 Å². The molecule has 0 spiro atoms. The molecule has 5 rings (SSSR count). The molecule has 0 saturated carbocycles. The molecule has 2 aromatic heterocycles. The molecule has 4 aromatic rings. The Morgan fingerprint density at radius 3 is 2.67 bits per heavy atom. The molecular weight excluding hydrogens is 454 g/mol. The zero-order chi connectivity index (χ0) is 25.6. The topological polar surface area (TPSA) is 89.2 Å². The van der Waals surface area contributed by atoms with Crippen molar-refractivity contribution < 1.29 is 9.53 Å². The Bertz CT molecular complexity index is 1440. The molecule has 3 heterocycles. The molecule has 0 bridgehead atoms. The zero-order valence-electron chi connectivity index (χ0n) is 21.9. The van der Waals surface area contributed by atoms with Gasteiger partial charge in [0.05, 0.1) is 23.9 Å². The van der Waals surface area contributed by atoms with E-state index < -0.39 is 0 Å². The maximum absolute atomic E-state index is 13.5. The minimum absolute atomic E-state index is 0.0237. The van der Waals surface area contributed by atoms with Gasteiger partial charge in [-0.3, -0.25) is 14.2 Å². The maximum Gasteiger partial charge on any atom is 0.258 e. The molecule has 0 radical (unpaired) electrons. The summed E-state index contributed by atoms with van der Waals surface area (Å²) >= 11 is 0. The lowest BCUT2D eigenvalue weighted by Gasteiger charge is -2.47. The van der Waals surface area contributed by atoms with Gasteiger partial charge in [0.2, 0.25) is 0 Å². The van der Waals surface area contributed by atoms with Crippen LogP contribution in [-0.4, -0.2) is 57.2 Å². The lowest BCUT2D eigenvalue weighted by atomic mass is 9.86. The average molecular weight is 490 g/mol. The van der Waals surface area contributed by atoms with E-state index in [0.29, 0.717) is 28.6 Å². The van der Waals surface area contributed by atoms with E-state index in [0.717, 1.165) is 47.9 Å². The number of anilines is 2. The fourth-order valence-electron chi connectivity index (χ4n) is 5.57.